The highest BCUT2D eigenvalue weighted by Crippen LogP contribution is 2.34. The fourth-order valence-corrected chi connectivity index (χ4v) is 5.85. The maximum absolute atomic E-state index is 13.7. The van der Waals surface area contributed by atoms with E-state index in [0.717, 1.165) is 78.6 Å². The van der Waals surface area contributed by atoms with Crippen molar-refractivity contribution >= 4 is 16.7 Å². The van der Waals surface area contributed by atoms with Crippen LogP contribution in [0.3, 0.4) is 0 Å². The molecule has 1 N–H and O–H groups in total. The van der Waals surface area contributed by atoms with E-state index in [1.54, 1.807) is 13.4 Å². The number of H-pyrrole nitrogens is 1. The molecule has 6 heteroatoms. The number of hydrogen-bond donors (Lipinski definition) is 1. The maximum atomic E-state index is 13.7. The van der Waals surface area contributed by atoms with E-state index < -0.39 is 0 Å². The average molecular weight is 498 g/mol. The first kappa shape index (κ1) is 25.0. The lowest BCUT2D eigenvalue weighted by molar-refractivity contribution is -0.960. The highest BCUT2D eigenvalue weighted by atomic mass is 16.5. The van der Waals surface area contributed by atoms with Crippen molar-refractivity contribution in [1.82, 2.24) is 14.9 Å². The van der Waals surface area contributed by atoms with E-state index in [0.29, 0.717) is 0 Å². The zero-order valence-corrected chi connectivity index (χ0v) is 21.9. The number of quaternary nitrogens is 1. The van der Waals surface area contributed by atoms with E-state index >= 15 is 0 Å². The van der Waals surface area contributed by atoms with Crippen LogP contribution >= 0.6 is 0 Å². The summed E-state index contributed by atoms with van der Waals surface area (Å²) < 4.78 is 6.34. The minimum atomic E-state index is 0.137. The van der Waals surface area contributed by atoms with Crippen LogP contribution in [0, 0.1) is 0 Å². The van der Waals surface area contributed by atoms with E-state index in [1.807, 2.05) is 42.6 Å². The highest BCUT2D eigenvalue weighted by Gasteiger charge is 2.42. The maximum Gasteiger partial charge on any atom is 0.254 e. The first-order chi connectivity index (χ1) is 18.1. The summed E-state index contributed by atoms with van der Waals surface area (Å²) in [7, 11) is 1.70. The zero-order valence-electron chi connectivity index (χ0n) is 21.9. The summed E-state index contributed by atoms with van der Waals surface area (Å²) in [6.45, 7) is 6.70. The van der Waals surface area contributed by atoms with Crippen molar-refractivity contribution in [2.75, 3.05) is 39.8 Å². The van der Waals surface area contributed by atoms with Gasteiger partial charge in [0.25, 0.3) is 5.91 Å². The second kappa shape index (κ2) is 11.2. The minimum absolute atomic E-state index is 0.137. The number of aromatic nitrogens is 2. The Morgan fingerprint density at radius 2 is 1.81 bits per heavy atom. The monoisotopic (exact) mass is 497 g/mol. The Bertz CT molecular complexity index is 1300. The smallest absolute Gasteiger partial charge is 0.254 e. The van der Waals surface area contributed by atoms with Crippen molar-refractivity contribution in [2.45, 2.75) is 32.2 Å². The van der Waals surface area contributed by atoms with Crippen LogP contribution in [0.5, 0.6) is 5.75 Å². The number of carbonyl (C=O) groups is 1. The lowest BCUT2D eigenvalue weighted by Gasteiger charge is -2.49. The molecule has 2 heterocycles. The number of fused-ring (bicyclic) bond motifs is 1. The highest BCUT2D eigenvalue weighted by molar-refractivity contribution is 6.07. The molecule has 5 rings (SSSR count). The molecule has 37 heavy (non-hydrogen) atoms. The summed E-state index contributed by atoms with van der Waals surface area (Å²) in [5.41, 5.74) is 3.25. The number of nitrogens with one attached hydrogen (secondary N) is 1. The predicted octanol–water partition coefficient (Wildman–Crippen LogP) is 5.63. The molecule has 1 aliphatic heterocycles. The van der Waals surface area contributed by atoms with Crippen molar-refractivity contribution in [3.8, 4) is 5.75 Å². The van der Waals surface area contributed by atoms with Gasteiger partial charge in [-0.05, 0) is 41.0 Å². The molecule has 1 unspecified atom stereocenters. The number of amides is 1. The molecule has 1 aromatic heterocycles. The molecule has 1 atom stereocenters. The molecule has 0 aliphatic carbocycles. The summed E-state index contributed by atoms with van der Waals surface area (Å²) in [4.78, 5) is 23.5. The second-order valence-corrected chi connectivity index (χ2v) is 10.1. The van der Waals surface area contributed by atoms with Gasteiger partial charge in [-0.25, -0.2) is 4.98 Å². The number of carbonyl (C=O) groups excluding carboxylic acids is 1. The van der Waals surface area contributed by atoms with Crippen LogP contribution in [0.15, 0.2) is 79.3 Å². The van der Waals surface area contributed by atoms with Gasteiger partial charge in [0.1, 0.15) is 11.8 Å². The molecule has 0 saturated carbocycles. The normalized spacial score (nSPS) is 16.0. The third-order valence-corrected chi connectivity index (χ3v) is 8.02. The Kier molecular flexibility index (Phi) is 7.56. The van der Waals surface area contributed by atoms with Gasteiger partial charge in [-0.1, -0.05) is 61.9 Å². The molecule has 1 fully saturated rings. The molecule has 1 saturated heterocycles. The predicted molar refractivity (Wildman–Crippen MR) is 148 cm³/mol. The van der Waals surface area contributed by atoms with Crippen LogP contribution in [0.25, 0.3) is 10.8 Å². The fourth-order valence-electron chi connectivity index (χ4n) is 5.85. The number of imidazole rings is 1. The Hall–Kier alpha value is -3.64. The van der Waals surface area contributed by atoms with Gasteiger partial charge in [0.2, 0.25) is 0 Å². The number of hydrogen-bond acceptors (Lipinski definition) is 3. The van der Waals surface area contributed by atoms with Crippen LogP contribution in [0.2, 0.25) is 0 Å². The largest absolute Gasteiger partial charge is 0.497 e. The molecule has 192 valence electrons. The van der Waals surface area contributed by atoms with E-state index in [1.165, 1.54) is 11.3 Å². The second-order valence-electron chi connectivity index (χ2n) is 10.1. The molecular weight excluding hydrogens is 460 g/mol. The Morgan fingerprint density at radius 3 is 2.51 bits per heavy atom. The van der Waals surface area contributed by atoms with Gasteiger partial charge in [-0.3, -0.25) is 4.79 Å². The van der Waals surface area contributed by atoms with Gasteiger partial charge in [0, 0.05) is 12.0 Å². The topological polar surface area (TPSA) is 58.2 Å². The molecule has 1 amide bonds. The van der Waals surface area contributed by atoms with Crippen molar-refractivity contribution in [2.24, 2.45) is 0 Å². The SMILES string of the molecule is CCCC[N+]1(C(Cc2ccc(OC)cc2)c2cnc[nH]2)CCN(C(=O)c2cccc3ccccc23)CC1. The van der Waals surface area contributed by atoms with Crippen LogP contribution in [-0.2, 0) is 6.42 Å². The van der Waals surface area contributed by atoms with Crippen molar-refractivity contribution < 1.29 is 14.0 Å². The van der Waals surface area contributed by atoms with Crippen LogP contribution in [0.1, 0.15) is 47.4 Å². The summed E-state index contributed by atoms with van der Waals surface area (Å²) in [6, 6.07) is 22.8. The van der Waals surface area contributed by atoms with E-state index in [2.05, 4.69) is 52.1 Å². The number of rotatable bonds is 9. The molecule has 0 spiro atoms. The van der Waals surface area contributed by atoms with Crippen molar-refractivity contribution in [1.29, 1.82) is 0 Å². The van der Waals surface area contributed by atoms with Crippen molar-refractivity contribution in [3.63, 3.8) is 0 Å². The van der Waals surface area contributed by atoms with Crippen molar-refractivity contribution in [3.05, 3.63) is 96.1 Å². The third kappa shape index (κ3) is 5.25. The van der Waals surface area contributed by atoms with Crippen LogP contribution < -0.4 is 4.74 Å². The average Bonchev–Trinajstić information content (AvgIpc) is 3.49. The number of methoxy groups -OCH3 is 1. The van der Waals surface area contributed by atoms with Gasteiger partial charge in [0.05, 0.1) is 58.1 Å². The molecular formula is C31H37N4O2+. The number of piperazine rings is 1. The Balaban J connectivity index is 1.41. The van der Waals surface area contributed by atoms with E-state index in [4.69, 9.17) is 4.74 Å². The molecule has 4 aromatic rings. The molecule has 3 aromatic carbocycles. The van der Waals surface area contributed by atoms with Crippen LogP contribution in [-0.4, -0.2) is 65.1 Å². The minimum Gasteiger partial charge on any atom is -0.497 e. The van der Waals surface area contributed by atoms with Gasteiger partial charge < -0.3 is 19.1 Å². The number of nitrogens with zero attached hydrogens (tertiary/aromatic N) is 3. The van der Waals surface area contributed by atoms with E-state index in [-0.39, 0.29) is 11.9 Å². The quantitative estimate of drug-likeness (QED) is 0.305. The van der Waals surface area contributed by atoms with Gasteiger partial charge in [-0.15, -0.1) is 0 Å². The number of aromatic amines is 1. The number of ether oxygens (including phenoxy) is 1. The van der Waals surface area contributed by atoms with Crippen LogP contribution in [0.4, 0.5) is 0 Å². The third-order valence-electron chi connectivity index (χ3n) is 8.02. The van der Waals surface area contributed by atoms with Gasteiger partial charge >= 0.3 is 0 Å². The van der Waals surface area contributed by atoms with Gasteiger partial charge in [-0.2, -0.15) is 0 Å². The summed E-state index contributed by atoms with van der Waals surface area (Å²) >= 11 is 0. The first-order valence-corrected chi connectivity index (χ1v) is 13.4. The summed E-state index contributed by atoms with van der Waals surface area (Å²) in [6.07, 6.45) is 6.98. The fraction of sp³-hybridized carbons (Fsp3) is 0.355. The molecule has 0 bridgehead atoms. The van der Waals surface area contributed by atoms with E-state index in [9.17, 15) is 4.79 Å². The standard InChI is InChI=1S/C31H37N4O2/c1-3-4-18-35(30(29-22-32-23-33-29)21-24-12-14-26(37-2)15-13-24)19-16-34(17-20-35)31(36)28-11-7-9-25-8-5-6-10-27(25)28/h5-15,22-23,30H,3-4,16-21H2,1-2H3,(H,32,33)/q+1. The Labute approximate surface area is 219 Å². The first-order valence-electron chi connectivity index (χ1n) is 13.4. The lowest BCUT2D eigenvalue weighted by Crippen LogP contribution is -2.62. The van der Waals surface area contributed by atoms with Gasteiger partial charge in [0.15, 0.2) is 0 Å². The molecule has 0 radical (unpaired) electrons. The Morgan fingerprint density at radius 1 is 1.05 bits per heavy atom. The molecule has 1 aliphatic rings. The zero-order chi connectivity index (χ0) is 25.7. The molecule has 6 nitrogen and oxygen atoms in total. The lowest BCUT2D eigenvalue weighted by atomic mass is 9.96. The number of benzene rings is 3. The summed E-state index contributed by atoms with van der Waals surface area (Å²) in [5.74, 6) is 1.01. The number of unbranched alkanes of at least 4 members (excludes halogenated alkanes) is 1. The summed E-state index contributed by atoms with van der Waals surface area (Å²) in [5, 5.41) is 2.14.